The van der Waals surface area contributed by atoms with Crippen molar-refractivity contribution in [3.63, 3.8) is 0 Å². The standard InChI is InChI=1S/C15H20N4O3/c1-21-8-9-22-14-5-2-4-13(10-14)15(20)17-6-3-7-19-12-16-11-18-19/h2,4-5,10-12H,3,6-9H2,1H3,(H,17,20). The van der Waals surface area contributed by atoms with E-state index >= 15 is 0 Å². The number of benzene rings is 1. The van der Waals surface area contributed by atoms with Crippen LogP contribution in [0.1, 0.15) is 16.8 Å². The van der Waals surface area contributed by atoms with Crippen molar-refractivity contribution >= 4 is 5.91 Å². The molecule has 2 aromatic rings. The van der Waals surface area contributed by atoms with Gasteiger partial charge >= 0.3 is 0 Å². The van der Waals surface area contributed by atoms with E-state index in [-0.39, 0.29) is 5.91 Å². The molecule has 1 aromatic heterocycles. The summed E-state index contributed by atoms with van der Waals surface area (Å²) in [6, 6.07) is 7.10. The van der Waals surface area contributed by atoms with Crippen LogP contribution >= 0.6 is 0 Å². The summed E-state index contributed by atoms with van der Waals surface area (Å²) in [6.07, 6.45) is 3.94. The molecular formula is C15H20N4O3. The third-order valence-corrected chi connectivity index (χ3v) is 2.97. The van der Waals surface area contributed by atoms with Crippen molar-refractivity contribution in [2.75, 3.05) is 26.9 Å². The Hall–Kier alpha value is -2.41. The van der Waals surface area contributed by atoms with Crippen LogP contribution in [0.5, 0.6) is 5.75 Å². The number of carbonyl (C=O) groups is 1. The number of aromatic nitrogens is 3. The van der Waals surface area contributed by atoms with Gasteiger partial charge in [-0.25, -0.2) is 4.98 Å². The number of rotatable bonds is 9. The maximum Gasteiger partial charge on any atom is 0.251 e. The Morgan fingerprint density at radius 3 is 3.05 bits per heavy atom. The van der Waals surface area contributed by atoms with E-state index in [1.165, 1.54) is 6.33 Å². The molecule has 0 atom stereocenters. The molecule has 1 heterocycles. The van der Waals surface area contributed by atoms with Gasteiger partial charge in [0.05, 0.1) is 6.61 Å². The zero-order valence-electron chi connectivity index (χ0n) is 12.6. The van der Waals surface area contributed by atoms with Crippen molar-refractivity contribution in [2.45, 2.75) is 13.0 Å². The van der Waals surface area contributed by atoms with Gasteiger partial charge in [-0.05, 0) is 24.6 Å². The first kappa shape index (κ1) is 16.0. The van der Waals surface area contributed by atoms with Crippen molar-refractivity contribution in [1.82, 2.24) is 20.1 Å². The average molecular weight is 304 g/mol. The predicted octanol–water partition coefficient (Wildman–Crippen LogP) is 1.12. The number of amides is 1. The maximum absolute atomic E-state index is 12.1. The molecule has 2 rings (SSSR count). The number of methoxy groups -OCH3 is 1. The Bertz CT molecular complexity index is 572. The van der Waals surface area contributed by atoms with Crippen LogP contribution in [0.15, 0.2) is 36.9 Å². The van der Waals surface area contributed by atoms with Crippen molar-refractivity contribution in [1.29, 1.82) is 0 Å². The number of aryl methyl sites for hydroxylation is 1. The van der Waals surface area contributed by atoms with Crippen LogP contribution in [0.25, 0.3) is 0 Å². The molecule has 0 saturated heterocycles. The van der Waals surface area contributed by atoms with E-state index in [1.807, 2.05) is 6.07 Å². The van der Waals surface area contributed by atoms with Gasteiger partial charge in [-0.3, -0.25) is 9.48 Å². The Balaban J connectivity index is 1.75. The number of hydrogen-bond acceptors (Lipinski definition) is 5. The highest BCUT2D eigenvalue weighted by Crippen LogP contribution is 2.13. The molecule has 0 fully saturated rings. The fourth-order valence-corrected chi connectivity index (χ4v) is 1.86. The third-order valence-electron chi connectivity index (χ3n) is 2.97. The van der Waals surface area contributed by atoms with Gasteiger partial charge in [-0.15, -0.1) is 0 Å². The Morgan fingerprint density at radius 2 is 2.27 bits per heavy atom. The number of hydrogen-bond donors (Lipinski definition) is 1. The lowest BCUT2D eigenvalue weighted by atomic mass is 10.2. The first-order chi connectivity index (χ1) is 10.8. The molecule has 0 radical (unpaired) electrons. The second-order valence-corrected chi connectivity index (χ2v) is 4.64. The van der Waals surface area contributed by atoms with E-state index < -0.39 is 0 Å². The van der Waals surface area contributed by atoms with Gasteiger partial charge in [0.15, 0.2) is 0 Å². The molecule has 0 aliphatic carbocycles. The summed E-state index contributed by atoms with van der Waals surface area (Å²) < 4.78 is 12.1. The van der Waals surface area contributed by atoms with E-state index in [4.69, 9.17) is 9.47 Å². The minimum absolute atomic E-state index is 0.115. The van der Waals surface area contributed by atoms with Crippen LogP contribution in [0, 0.1) is 0 Å². The van der Waals surface area contributed by atoms with E-state index in [9.17, 15) is 4.79 Å². The quantitative estimate of drug-likeness (QED) is 0.702. The van der Waals surface area contributed by atoms with Gasteiger partial charge in [0.25, 0.3) is 5.91 Å². The van der Waals surface area contributed by atoms with Crippen LogP contribution in [0.3, 0.4) is 0 Å². The molecule has 7 nitrogen and oxygen atoms in total. The minimum atomic E-state index is -0.115. The highest BCUT2D eigenvalue weighted by molar-refractivity contribution is 5.94. The minimum Gasteiger partial charge on any atom is -0.491 e. The first-order valence-electron chi connectivity index (χ1n) is 7.12. The Kier molecular flexibility index (Phi) is 6.38. The molecule has 0 unspecified atom stereocenters. The Labute approximate surface area is 129 Å². The zero-order valence-corrected chi connectivity index (χ0v) is 12.6. The van der Waals surface area contributed by atoms with Crippen LogP contribution in [-0.4, -0.2) is 47.5 Å². The smallest absolute Gasteiger partial charge is 0.251 e. The summed E-state index contributed by atoms with van der Waals surface area (Å²) in [6.45, 7) is 2.27. The van der Waals surface area contributed by atoms with Gasteiger partial charge < -0.3 is 14.8 Å². The summed E-state index contributed by atoms with van der Waals surface area (Å²) in [4.78, 5) is 15.9. The van der Waals surface area contributed by atoms with Crippen LogP contribution in [0.4, 0.5) is 0 Å². The number of nitrogens with zero attached hydrogens (tertiary/aromatic N) is 3. The summed E-state index contributed by atoms with van der Waals surface area (Å²) in [5.41, 5.74) is 0.579. The lowest BCUT2D eigenvalue weighted by Gasteiger charge is -2.08. The molecule has 0 spiro atoms. The zero-order chi connectivity index (χ0) is 15.6. The van der Waals surface area contributed by atoms with E-state index in [0.29, 0.717) is 31.1 Å². The molecule has 1 N–H and O–H groups in total. The summed E-state index contributed by atoms with van der Waals surface area (Å²) >= 11 is 0. The SMILES string of the molecule is COCCOc1cccc(C(=O)NCCCn2cncn2)c1. The van der Waals surface area contributed by atoms with Gasteiger partial charge in [-0.2, -0.15) is 5.10 Å². The molecule has 1 aromatic carbocycles. The van der Waals surface area contributed by atoms with Gasteiger partial charge in [0.2, 0.25) is 0 Å². The number of ether oxygens (including phenoxy) is 2. The lowest BCUT2D eigenvalue weighted by Crippen LogP contribution is -2.25. The molecule has 22 heavy (non-hydrogen) atoms. The molecule has 0 bridgehead atoms. The highest BCUT2D eigenvalue weighted by atomic mass is 16.5. The van der Waals surface area contributed by atoms with Gasteiger partial charge in [0, 0.05) is 25.8 Å². The number of nitrogens with one attached hydrogen (secondary N) is 1. The van der Waals surface area contributed by atoms with Crippen molar-refractivity contribution in [3.05, 3.63) is 42.5 Å². The van der Waals surface area contributed by atoms with Crippen LogP contribution in [-0.2, 0) is 11.3 Å². The maximum atomic E-state index is 12.1. The van der Waals surface area contributed by atoms with Crippen LogP contribution in [0.2, 0.25) is 0 Å². The molecular weight excluding hydrogens is 284 g/mol. The molecule has 0 saturated carbocycles. The second kappa shape index (κ2) is 8.78. The normalized spacial score (nSPS) is 10.4. The number of carbonyl (C=O) groups excluding carboxylic acids is 1. The van der Waals surface area contributed by atoms with Crippen molar-refractivity contribution in [3.8, 4) is 5.75 Å². The fraction of sp³-hybridized carbons (Fsp3) is 0.400. The van der Waals surface area contributed by atoms with Crippen LogP contribution < -0.4 is 10.1 Å². The molecule has 0 aliphatic heterocycles. The average Bonchev–Trinajstić information content (AvgIpc) is 3.05. The van der Waals surface area contributed by atoms with Gasteiger partial charge in [0.1, 0.15) is 25.0 Å². The van der Waals surface area contributed by atoms with Crippen molar-refractivity contribution in [2.24, 2.45) is 0 Å². The topological polar surface area (TPSA) is 78.3 Å². The molecule has 0 aliphatic rings. The molecule has 1 amide bonds. The monoisotopic (exact) mass is 304 g/mol. The predicted molar refractivity (Wildman–Crippen MR) is 80.8 cm³/mol. The Morgan fingerprint density at radius 1 is 1.36 bits per heavy atom. The summed E-state index contributed by atoms with van der Waals surface area (Å²) in [5, 5.41) is 6.88. The first-order valence-corrected chi connectivity index (χ1v) is 7.12. The third kappa shape index (κ3) is 5.17. The van der Waals surface area contributed by atoms with E-state index in [1.54, 1.807) is 36.3 Å². The summed E-state index contributed by atoms with van der Waals surface area (Å²) in [5.74, 6) is 0.545. The highest BCUT2D eigenvalue weighted by Gasteiger charge is 2.06. The van der Waals surface area contributed by atoms with Gasteiger partial charge in [-0.1, -0.05) is 6.07 Å². The second-order valence-electron chi connectivity index (χ2n) is 4.64. The summed E-state index contributed by atoms with van der Waals surface area (Å²) in [7, 11) is 1.62. The lowest BCUT2D eigenvalue weighted by molar-refractivity contribution is 0.0952. The van der Waals surface area contributed by atoms with Crippen molar-refractivity contribution < 1.29 is 14.3 Å². The fourth-order valence-electron chi connectivity index (χ4n) is 1.86. The molecule has 118 valence electrons. The van der Waals surface area contributed by atoms with E-state index in [0.717, 1.165) is 13.0 Å². The van der Waals surface area contributed by atoms with E-state index in [2.05, 4.69) is 15.4 Å². The largest absolute Gasteiger partial charge is 0.491 e. The molecule has 7 heteroatoms.